The van der Waals surface area contributed by atoms with Crippen molar-refractivity contribution in [2.75, 3.05) is 40.3 Å². The Kier molecular flexibility index (Phi) is 8.90. The first-order valence-corrected chi connectivity index (χ1v) is 6.65. The summed E-state index contributed by atoms with van der Waals surface area (Å²) in [4.78, 5) is 4.78. The molecule has 0 saturated carbocycles. The quantitative estimate of drug-likeness (QED) is 0.652. The Bertz CT molecular complexity index is 159. The van der Waals surface area contributed by atoms with E-state index in [0.29, 0.717) is 12.0 Å². The van der Waals surface area contributed by atoms with Crippen molar-refractivity contribution in [2.45, 2.75) is 39.7 Å². The van der Waals surface area contributed by atoms with Crippen LogP contribution in [0.15, 0.2) is 0 Å². The molecule has 3 heteroatoms. The van der Waals surface area contributed by atoms with Crippen molar-refractivity contribution in [3.8, 4) is 0 Å². The van der Waals surface area contributed by atoms with Gasteiger partial charge < -0.3 is 10.6 Å². The minimum Gasteiger partial charge on any atom is -0.329 e. The molecule has 0 radical (unpaired) electrons. The number of nitrogens with zero attached hydrogens (tertiary/aromatic N) is 2. The van der Waals surface area contributed by atoms with E-state index in [-0.39, 0.29) is 0 Å². The highest BCUT2D eigenvalue weighted by atomic mass is 15.2. The van der Waals surface area contributed by atoms with Crippen molar-refractivity contribution < 1.29 is 0 Å². The molecule has 3 nitrogen and oxygen atoms in total. The maximum atomic E-state index is 5.91. The van der Waals surface area contributed by atoms with Crippen molar-refractivity contribution >= 4 is 0 Å². The molecule has 0 fully saturated rings. The first-order chi connectivity index (χ1) is 7.56. The number of nitrogens with two attached hydrogens (primary N) is 1. The molecule has 2 N–H and O–H groups in total. The largest absolute Gasteiger partial charge is 0.329 e. The highest BCUT2D eigenvalue weighted by molar-refractivity contribution is 4.76. The molecular weight excluding hydrogens is 198 g/mol. The van der Waals surface area contributed by atoms with E-state index >= 15 is 0 Å². The normalized spacial score (nSPS) is 15.8. The molecule has 0 saturated heterocycles. The van der Waals surface area contributed by atoms with Crippen molar-refractivity contribution in [3.63, 3.8) is 0 Å². The zero-order valence-corrected chi connectivity index (χ0v) is 11.9. The summed E-state index contributed by atoms with van der Waals surface area (Å²) in [7, 11) is 4.26. The Labute approximate surface area is 102 Å². The molecule has 0 aliphatic rings. The summed E-state index contributed by atoms with van der Waals surface area (Å²) in [5.41, 5.74) is 5.91. The van der Waals surface area contributed by atoms with E-state index in [2.05, 4.69) is 44.7 Å². The zero-order valence-electron chi connectivity index (χ0n) is 11.9. The van der Waals surface area contributed by atoms with Crippen LogP contribution in [0.5, 0.6) is 0 Å². The highest BCUT2D eigenvalue weighted by Crippen LogP contribution is 2.14. The first kappa shape index (κ1) is 15.9. The monoisotopic (exact) mass is 229 g/mol. The van der Waals surface area contributed by atoms with Crippen molar-refractivity contribution in [1.29, 1.82) is 0 Å². The third-order valence-corrected chi connectivity index (χ3v) is 3.47. The Morgan fingerprint density at radius 2 is 1.75 bits per heavy atom. The smallest absolute Gasteiger partial charge is 0.0243 e. The van der Waals surface area contributed by atoms with Gasteiger partial charge in [0.05, 0.1) is 0 Å². The van der Waals surface area contributed by atoms with E-state index in [1.807, 2.05) is 0 Å². The van der Waals surface area contributed by atoms with Gasteiger partial charge in [0.25, 0.3) is 0 Å². The molecule has 0 aromatic carbocycles. The van der Waals surface area contributed by atoms with Crippen LogP contribution in [0.2, 0.25) is 0 Å². The molecular formula is C13H31N3. The van der Waals surface area contributed by atoms with Crippen LogP contribution in [0.1, 0.15) is 33.6 Å². The van der Waals surface area contributed by atoms with Crippen LogP contribution in [0.25, 0.3) is 0 Å². The highest BCUT2D eigenvalue weighted by Gasteiger charge is 2.20. The fourth-order valence-corrected chi connectivity index (χ4v) is 2.16. The number of likely N-dealkylation sites (N-methyl/N-ethyl adjacent to an activating group) is 1. The Morgan fingerprint density at radius 1 is 1.12 bits per heavy atom. The lowest BCUT2D eigenvalue weighted by Crippen LogP contribution is -2.45. The average Bonchev–Trinajstić information content (AvgIpc) is 2.26. The minimum atomic E-state index is 0.553. The summed E-state index contributed by atoms with van der Waals surface area (Å²) in [6.07, 6.45) is 2.44. The molecule has 2 atom stereocenters. The SMILES string of the molecule is CCC(C)C(CN)N(CC)CCCN(C)C. The second-order valence-electron chi connectivity index (χ2n) is 4.97. The fraction of sp³-hybridized carbons (Fsp3) is 1.00. The van der Waals surface area contributed by atoms with Crippen LogP contribution in [0.4, 0.5) is 0 Å². The summed E-state index contributed by atoms with van der Waals surface area (Å²) in [5.74, 6) is 0.698. The molecule has 0 aromatic heterocycles. The van der Waals surface area contributed by atoms with E-state index in [1.165, 1.54) is 19.4 Å². The average molecular weight is 229 g/mol. The standard InChI is InChI=1S/C13H31N3/c1-6-12(3)13(11-14)16(7-2)10-8-9-15(4)5/h12-13H,6-11,14H2,1-5H3. The van der Waals surface area contributed by atoms with Crippen LogP contribution in [0, 0.1) is 5.92 Å². The maximum absolute atomic E-state index is 5.91. The van der Waals surface area contributed by atoms with Gasteiger partial charge in [0.15, 0.2) is 0 Å². The lowest BCUT2D eigenvalue weighted by Gasteiger charge is -2.34. The van der Waals surface area contributed by atoms with Crippen LogP contribution >= 0.6 is 0 Å². The fourth-order valence-electron chi connectivity index (χ4n) is 2.16. The van der Waals surface area contributed by atoms with Gasteiger partial charge in [-0.3, -0.25) is 4.90 Å². The van der Waals surface area contributed by atoms with Gasteiger partial charge in [-0.2, -0.15) is 0 Å². The van der Waals surface area contributed by atoms with Crippen LogP contribution < -0.4 is 5.73 Å². The van der Waals surface area contributed by atoms with Crippen molar-refractivity contribution in [2.24, 2.45) is 11.7 Å². The van der Waals surface area contributed by atoms with Gasteiger partial charge in [0, 0.05) is 12.6 Å². The molecule has 0 heterocycles. The number of hydrogen-bond donors (Lipinski definition) is 1. The second kappa shape index (κ2) is 8.97. The van der Waals surface area contributed by atoms with Gasteiger partial charge in [0.2, 0.25) is 0 Å². The van der Waals surface area contributed by atoms with E-state index in [9.17, 15) is 0 Å². The van der Waals surface area contributed by atoms with Gasteiger partial charge in [-0.15, -0.1) is 0 Å². The second-order valence-corrected chi connectivity index (χ2v) is 4.97. The topological polar surface area (TPSA) is 32.5 Å². The van der Waals surface area contributed by atoms with Gasteiger partial charge in [-0.05, 0) is 46.1 Å². The van der Waals surface area contributed by atoms with Gasteiger partial charge >= 0.3 is 0 Å². The number of rotatable bonds is 9. The summed E-state index contributed by atoms with van der Waals surface area (Å²) in [6.45, 7) is 11.0. The van der Waals surface area contributed by atoms with Gasteiger partial charge in [-0.1, -0.05) is 27.2 Å². The maximum Gasteiger partial charge on any atom is 0.0243 e. The van der Waals surface area contributed by atoms with Gasteiger partial charge in [-0.25, -0.2) is 0 Å². The Morgan fingerprint density at radius 3 is 2.12 bits per heavy atom. The van der Waals surface area contributed by atoms with E-state index in [0.717, 1.165) is 19.6 Å². The minimum absolute atomic E-state index is 0.553. The molecule has 0 aliphatic heterocycles. The molecule has 98 valence electrons. The molecule has 0 aromatic rings. The predicted octanol–water partition coefficient (Wildman–Crippen LogP) is 1.63. The Balaban J connectivity index is 4.11. The van der Waals surface area contributed by atoms with E-state index in [1.54, 1.807) is 0 Å². The molecule has 16 heavy (non-hydrogen) atoms. The summed E-state index contributed by atoms with van der Waals surface area (Å²) < 4.78 is 0. The van der Waals surface area contributed by atoms with Crippen molar-refractivity contribution in [1.82, 2.24) is 9.80 Å². The van der Waals surface area contributed by atoms with E-state index in [4.69, 9.17) is 5.73 Å². The summed E-state index contributed by atoms with van der Waals surface area (Å²) >= 11 is 0. The summed E-state index contributed by atoms with van der Waals surface area (Å²) in [6, 6.07) is 0.553. The van der Waals surface area contributed by atoms with Crippen LogP contribution in [-0.4, -0.2) is 56.1 Å². The molecule has 2 unspecified atom stereocenters. The van der Waals surface area contributed by atoms with Crippen molar-refractivity contribution in [3.05, 3.63) is 0 Å². The number of hydrogen-bond acceptors (Lipinski definition) is 3. The third kappa shape index (κ3) is 5.83. The Hall–Kier alpha value is -0.120. The zero-order chi connectivity index (χ0) is 12.6. The van der Waals surface area contributed by atoms with Crippen LogP contribution in [0.3, 0.4) is 0 Å². The third-order valence-electron chi connectivity index (χ3n) is 3.47. The molecule has 0 aliphatic carbocycles. The lowest BCUT2D eigenvalue weighted by atomic mass is 9.97. The summed E-state index contributed by atoms with van der Waals surface area (Å²) in [5, 5.41) is 0. The van der Waals surface area contributed by atoms with Gasteiger partial charge in [0.1, 0.15) is 0 Å². The molecule has 0 spiro atoms. The molecule has 0 bridgehead atoms. The van der Waals surface area contributed by atoms with Crippen LogP contribution in [-0.2, 0) is 0 Å². The molecule has 0 amide bonds. The first-order valence-electron chi connectivity index (χ1n) is 6.65. The molecule has 0 rings (SSSR count). The lowest BCUT2D eigenvalue weighted by molar-refractivity contribution is 0.151. The predicted molar refractivity (Wildman–Crippen MR) is 72.7 cm³/mol. The van der Waals surface area contributed by atoms with E-state index < -0.39 is 0 Å².